The van der Waals surface area contributed by atoms with Crippen LogP contribution in [0, 0.1) is 0 Å². The molecule has 38 heavy (non-hydrogen) atoms. The van der Waals surface area contributed by atoms with Crippen LogP contribution in [-0.4, -0.2) is 70.5 Å². The van der Waals surface area contributed by atoms with Crippen molar-refractivity contribution >= 4 is 27.6 Å². The largest absolute Gasteiger partial charge is 0.497 e. The number of benzene rings is 3. The number of esters is 1. The van der Waals surface area contributed by atoms with E-state index in [-0.39, 0.29) is 17.0 Å². The number of ether oxygens (including phenoxy) is 3. The van der Waals surface area contributed by atoms with Gasteiger partial charge < -0.3 is 14.2 Å². The molecule has 0 unspecified atom stereocenters. The van der Waals surface area contributed by atoms with Gasteiger partial charge in [0.05, 0.1) is 37.4 Å². The number of nitrogens with zero attached hydrogens (tertiary/aromatic N) is 2. The lowest BCUT2D eigenvalue weighted by atomic mass is 10.1. The minimum absolute atomic E-state index is 0.242. The maximum Gasteiger partial charge on any atom is 0.337 e. The van der Waals surface area contributed by atoms with Crippen LogP contribution >= 0.6 is 11.6 Å². The molecule has 3 aromatic carbocycles. The van der Waals surface area contributed by atoms with Crippen molar-refractivity contribution in [2.45, 2.75) is 17.6 Å². The van der Waals surface area contributed by atoms with Gasteiger partial charge in [-0.25, -0.2) is 13.2 Å². The average molecular weight is 559 g/mol. The van der Waals surface area contributed by atoms with Gasteiger partial charge in [-0.15, -0.1) is 0 Å². The molecule has 1 atom stereocenters. The summed E-state index contributed by atoms with van der Waals surface area (Å²) < 4.78 is 44.2. The number of carbonyl (C=O) groups excluding carboxylic acids is 1. The van der Waals surface area contributed by atoms with Gasteiger partial charge in [-0.05, 0) is 59.7 Å². The van der Waals surface area contributed by atoms with E-state index >= 15 is 0 Å². The zero-order valence-corrected chi connectivity index (χ0v) is 23.0. The Hall–Kier alpha value is -2.95. The number of sulfonamides is 1. The molecule has 0 bridgehead atoms. The van der Waals surface area contributed by atoms with Crippen LogP contribution in [0.25, 0.3) is 0 Å². The minimum atomic E-state index is -3.58. The van der Waals surface area contributed by atoms with Crippen LogP contribution in [0.3, 0.4) is 0 Å². The van der Waals surface area contributed by atoms with Crippen LogP contribution in [0.2, 0.25) is 5.02 Å². The average Bonchev–Trinajstić information content (AvgIpc) is 2.95. The van der Waals surface area contributed by atoms with E-state index in [9.17, 15) is 13.2 Å². The molecule has 4 rings (SSSR count). The van der Waals surface area contributed by atoms with Crippen molar-refractivity contribution in [2.24, 2.45) is 0 Å². The fraction of sp³-hybridized carbons (Fsp3) is 0.321. The normalized spacial score (nSPS) is 15.7. The summed E-state index contributed by atoms with van der Waals surface area (Å²) in [6, 6.07) is 21.1. The van der Waals surface area contributed by atoms with E-state index in [1.54, 1.807) is 31.4 Å². The lowest BCUT2D eigenvalue weighted by Gasteiger charge is -2.36. The third kappa shape index (κ3) is 6.92. The molecule has 0 radical (unpaired) electrons. The molecule has 0 amide bonds. The van der Waals surface area contributed by atoms with E-state index in [1.165, 1.54) is 23.5 Å². The highest BCUT2D eigenvalue weighted by atomic mass is 35.5. The molecule has 1 heterocycles. The quantitative estimate of drug-likeness (QED) is 0.341. The zero-order valence-electron chi connectivity index (χ0n) is 21.4. The fourth-order valence-corrected chi connectivity index (χ4v) is 5.84. The van der Waals surface area contributed by atoms with Gasteiger partial charge >= 0.3 is 5.97 Å². The first-order valence-corrected chi connectivity index (χ1v) is 14.0. The molecule has 0 saturated carbocycles. The fourth-order valence-electron chi connectivity index (χ4n) is 4.29. The van der Waals surface area contributed by atoms with Gasteiger partial charge in [-0.2, -0.15) is 4.31 Å². The predicted molar refractivity (Wildman–Crippen MR) is 145 cm³/mol. The van der Waals surface area contributed by atoms with E-state index in [4.69, 9.17) is 25.8 Å². The van der Waals surface area contributed by atoms with Gasteiger partial charge in [0, 0.05) is 37.7 Å². The Labute approximate surface area is 228 Å². The van der Waals surface area contributed by atoms with Crippen LogP contribution < -0.4 is 4.74 Å². The maximum absolute atomic E-state index is 13.1. The molecule has 8 nitrogen and oxygen atoms in total. The smallest absolute Gasteiger partial charge is 0.337 e. The minimum Gasteiger partial charge on any atom is -0.497 e. The molecule has 1 saturated heterocycles. The first-order chi connectivity index (χ1) is 18.3. The molecule has 0 aliphatic carbocycles. The van der Waals surface area contributed by atoms with Gasteiger partial charge in [0.15, 0.2) is 0 Å². The van der Waals surface area contributed by atoms with E-state index in [2.05, 4.69) is 4.90 Å². The SMILES string of the molecule is COC(=O)c1ccc(CO[C@H](CN2CCN(S(=O)(=O)c3ccc(Cl)cc3)CC2)c2cccc(OC)c2)cc1. The van der Waals surface area contributed by atoms with E-state index < -0.39 is 10.0 Å². The molecule has 1 fully saturated rings. The number of hydrogen-bond donors (Lipinski definition) is 0. The molecule has 1 aliphatic heterocycles. The monoisotopic (exact) mass is 558 g/mol. The number of methoxy groups -OCH3 is 2. The molecule has 3 aromatic rings. The lowest BCUT2D eigenvalue weighted by molar-refractivity contribution is 0.00761. The molecule has 0 N–H and O–H groups in total. The van der Waals surface area contributed by atoms with Gasteiger partial charge in [0.2, 0.25) is 10.0 Å². The second-order valence-corrected chi connectivity index (χ2v) is 11.3. The van der Waals surface area contributed by atoms with E-state index in [1.807, 2.05) is 36.4 Å². The zero-order chi connectivity index (χ0) is 27.1. The van der Waals surface area contributed by atoms with Gasteiger partial charge in [-0.3, -0.25) is 4.90 Å². The standard InChI is InChI=1S/C28H31ClN2O6S/c1-35-25-5-3-4-23(18-25)27(37-20-21-6-8-22(9-7-21)28(32)36-2)19-30-14-16-31(17-15-30)38(33,34)26-12-10-24(29)11-13-26/h3-13,18,27H,14-17,19-20H2,1-2H3/t27-/m1/s1. The van der Waals surface area contributed by atoms with Crippen LogP contribution in [0.1, 0.15) is 27.6 Å². The molecular formula is C28H31ClN2O6S. The van der Waals surface area contributed by atoms with E-state index in [0.717, 1.165) is 16.9 Å². The maximum atomic E-state index is 13.1. The van der Waals surface area contributed by atoms with Crippen molar-refractivity contribution < 1.29 is 27.4 Å². The molecule has 0 aromatic heterocycles. The van der Waals surface area contributed by atoms with Crippen LogP contribution in [0.4, 0.5) is 0 Å². The number of hydrogen-bond acceptors (Lipinski definition) is 7. The van der Waals surface area contributed by atoms with Crippen molar-refractivity contribution in [1.82, 2.24) is 9.21 Å². The number of carbonyl (C=O) groups is 1. The molecular weight excluding hydrogens is 528 g/mol. The highest BCUT2D eigenvalue weighted by molar-refractivity contribution is 7.89. The van der Waals surface area contributed by atoms with Gasteiger partial charge in [0.1, 0.15) is 5.75 Å². The Balaban J connectivity index is 1.43. The number of piperazine rings is 1. The van der Waals surface area contributed by atoms with Crippen molar-refractivity contribution in [3.8, 4) is 5.75 Å². The Kier molecular flexibility index (Phi) is 9.40. The first kappa shape index (κ1) is 28.1. The summed E-state index contributed by atoms with van der Waals surface area (Å²) in [5, 5.41) is 0.497. The molecule has 0 spiro atoms. The second kappa shape index (κ2) is 12.7. The number of rotatable bonds is 10. The number of halogens is 1. The van der Waals surface area contributed by atoms with Gasteiger partial charge in [0.25, 0.3) is 0 Å². The second-order valence-electron chi connectivity index (χ2n) is 8.92. The Bertz CT molecular complexity index is 1320. The van der Waals surface area contributed by atoms with Crippen molar-refractivity contribution in [3.63, 3.8) is 0 Å². The predicted octanol–water partition coefficient (Wildman–Crippen LogP) is 4.40. The topological polar surface area (TPSA) is 85.4 Å². The van der Waals surface area contributed by atoms with Crippen molar-refractivity contribution in [2.75, 3.05) is 46.9 Å². The summed E-state index contributed by atoms with van der Waals surface area (Å²) in [6.07, 6.45) is -0.273. The summed E-state index contributed by atoms with van der Waals surface area (Å²) in [6.45, 7) is 2.83. The van der Waals surface area contributed by atoms with Crippen LogP contribution in [-0.2, 0) is 26.1 Å². The lowest BCUT2D eigenvalue weighted by Crippen LogP contribution is -2.49. The van der Waals surface area contributed by atoms with Crippen LogP contribution in [0.15, 0.2) is 77.7 Å². The summed E-state index contributed by atoms with van der Waals surface area (Å²) in [4.78, 5) is 14.2. The van der Waals surface area contributed by atoms with E-state index in [0.29, 0.717) is 49.9 Å². The van der Waals surface area contributed by atoms with Crippen LogP contribution in [0.5, 0.6) is 5.75 Å². The molecule has 202 valence electrons. The highest BCUT2D eigenvalue weighted by Crippen LogP contribution is 2.26. The van der Waals surface area contributed by atoms with Gasteiger partial charge in [-0.1, -0.05) is 35.9 Å². The first-order valence-electron chi connectivity index (χ1n) is 12.2. The third-order valence-electron chi connectivity index (χ3n) is 6.50. The summed E-state index contributed by atoms with van der Waals surface area (Å²) in [7, 11) is -0.607. The Morgan fingerprint density at radius 3 is 2.26 bits per heavy atom. The molecule has 10 heteroatoms. The highest BCUT2D eigenvalue weighted by Gasteiger charge is 2.29. The molecule has 1 aliphatic rings. The Morgan fingerprint density at radius 2 is 1.63 bits per heavy atom. The third-order valence-corrected chi connectivity index (χ3v) is 8.66. The summed E-state index contributed by atoms with van der Waals surface area (Å²) >= 11 is 5.92. The Morgan fingerprint density at radius 1 is 0.947 bits per heavy atom. The summed E-state index contributed by atoms with van der Waals surface area (Å²) in [5.74, 6) is 0.348. The summed E-state index contributed by atoms with van der Waals surface area (Å²) in [5.41, 5.74) is 2.36. The van der Waals surface area contributed by atoms with Crippen molar-refractivity contribution in [3.05, 3.63) is 94.5 Å². The van der Waals surface area contributed by atoms with Crippen molar-refractivity contribution in [1.29, 1.82) is 0 Å².